The fourth-order valence-corrected chi connectivity index (χ4v) is 5.23. The van der Waals surface area contributed by atoms with E-state index in [1.807, 2.05) is 12.1 Å². The van der Waals surface area contributed by atoms with Crippen LogP contribution in [0.25, 0.3) is 0 Å². The Morgan fingerprint density at radius 2 is 2.12 bits per heavy atom. The second-order valence-electron chi connectivity index (χ2n) is 8.24. The van der Waals surface area contributed by atoms with Gasteiger partial charge in [-0.3, -0.25) is 4.79 Å². The first-order valence-corrected chi connectivity index (χ1v) is 9.65. The molecule has 0 radical (unpaired) electrons. The van der Waals surface area contributed by atoms with Gasteiger partial charge in [0.1, 0.15) is 17.6 Å². The van der Waals surface area contributed by atoms with Gasteiger partial charge in [-0.05, 0) is 57.3 Å². The van der Waals surface area contributed by atoms with Gasteiger partial charge in [0.05, 0.1) is 0 Å². The number of likely N-dealkylation sites (N-methyl/N-ethyl adjacent to an activating group) is 1. The highest BCUT2D eigenvalue weighted by Gasteiger charge is 2.49. The number of amides is 1. The first-order chi connectivity index (χ1) is 12.6. The highest BCUT2D eigenvalue weighted by Crippen LogP contribution is 2.42. The quantitative estimate of drug-likeness (QED) is 0.828. The molecule has 0 aliphatic carbocycles. The maximum absolute atomic E-state index is 12.7. The van der Waals surface area contributed by atoms with Crippen LogP contribution in [0, 0.1) is 23.2 Å². The van der Waals surface area contributed by atoms with Crippen LogP contribution in [0.2, 0.25) is 0 Å². The number of nitrogens with zero attached hydrogens (tertiary/aromatic N) is 5. The van der Waals surface area contributed by atoms with Crippen molar-refractivity contribution in [3.63, 3.8) is 0 Å². The van der Waals surface area contributed by atoms with Crippen molar-refractivity contribution in [1.82, 2.24) is 14.8 Å². The number of aromatic nitrogens is 1. The van der Waals surface area contributed by atoms with Gasteiger partial charge in [-0.15, -0.1) is 0 Å². The molecule has 1 aromatic heterocycles. The van der Waals surface area contributed by atoms with E-state index in [-0.39, 0.29) is 6.04 Å². The van der Waals surface area contributed by atoms with Crippen LogP contribution in [-0.4, -0.2) is 66.5 Å². The number of fused-ring (bicyclic) bond motifs is 4. The van der Waals surface area contributed by atoms with Gasteiger partial charge in [0.25, 0.3) is 0 Å². The molecule has 4 rings (SSSR count). The lowest BCUT2D eigenvalue weighted by molar-refractivity contribution is -0.149. The van der Waals surface area contributed by atoms with Gasteiger partial charge in [0.15, 0.2) is 0 Å². The molecule has 2 bridgehead atoms. The Balaban J connectivity index is 1.64. The summed E-state index contributed by atoms with van der Waals surface area (Å²) >= 11 is 0. The fourth-order valence-electron chi connectivity index (χ4n) is 5.23. The fraction of sp³-hybridized carbons (Fsp3) is 0.650. The summed E-state index contributed by atoms with van der Waals surface area (Å²) in [6.45, 7) is 2.76. The lowest BCUT2D eigenvalue weighted by Gasteiger charge is -2.57. The van der Waals surface area contributed by atoms with E-state index in [0.717, 1.165) is 38.3 Å². The van der Waals surface area contributed by atoms with Crippen molar-refractivity contribution >= 4 is 11.7 Å². The number of hydrogen-bond acceptors (Lipinski definition) is 5. The summed E-state index contributed by atoms with van der Waals surface area (Å²) in [7, 11) is 4.18. The smallest absolute Gasteiger partial charge is 0.223 e. The molecule has 0 unspecified atom stereocenters. The molecule has 138 valence electrons. The highest BCUT2D eigenvalue weighted by atomic mass is 16.2. The number of carbonyl (C=O) groups is 1. The van der Waals surface area contributed by atoms with Crippen molar-refractivity contribution < 1.29 is 4.79 Å². The normalized spacial score (nSPS) is 30.9. The Kier molecular flexibility index (Phi) is 4.58. The highest BCUT2D eigenvalue weighted by molar-refractivity contribution is 5.78. The van der Waals surface area contributed by atoms with E-state index in [1.54, 1.807) is 6.07 Å². The van der Waals surface area contributed by atoms with E-state index in [9.17, 15) is 4.79 Å². The van der Waals surface area contributed by atoms with Crippen LogP contribution < -0.4 is 4.90 Å². The van der Waals surface area contributed by atoms with Gasteiger partial charge in [-0.1, -0.05) is 6.07 Å². The van der Waals surface area contributed by atoms with Crippen molar-refractivity contribution in [3.05, 3.63) is 23.9 Å². The van der Waals surface area contributed by atoms with Crippen molar-refractivity contribution in [3.8, 4) is 6.07 Å². The Labute approximate surface area is 155 Å². The van der Waals surface area contributed by atoms with Crippen LogP contribution in [0.4, 0.5) is 5.82 Å². The Bertz CT molecular complexity index is 727. The predicted octanol–water partition coefficient (Wildman–Crippen LogP) is 1.72. The second-order valence-corrected chi connectivity index (χ2v) is 8.24. The summed E-state index contributed by atoms with van der Waals surface area (Å²) in [5, 5.41) is 9.17. The Morgan fingerprint density at radius 1 is 1.31 bits per heavy atom. The average molecular weight is 353 g/mol. The van der Waals surface area contributed by atoms with Crippen molar-refractivity contribution in [1.29, 1.82) is 5.26 Å². The van der Waals surface area contributed by atoms with Gasteiger partial charge in [-0.25, -0.2) is 4.98 Å². The van der Waals surface area contributed by atoms with E-state index < -0.39 is 0 Å². The summed E-state index contributed by atoms with van der Waals surface area (Å²) in [5.74, 6) is 2.21. The van der Waals surface area contributed by atoms with E-state index in [0.29, 0.717) is 35.9 Å². The molecular weight excluding hydrogens is 326 g/mol. The van der Waals surface area contributed by atoms with E-state index in [2.05, 4.69) is 39.8 Å². The zero-order valence-corrected chi connectivity index (χ0v) is 15.6. The third kappa shape index (κ3) is 3.05. The van der Waals surface area contributed by atoms with Crippen molar-refractivity contribution in [2.24, 2.45) is 11.8 Å². The number of carbonyl (C=O) groups excluding carboxylic acids is 1. The molecule has 6 nitrogen and oxygen atoms in total. The lowest BCUT2D eigenvalue weighted by Crippen LogP contribution is -2.67. The summed E-state index contributed by atoms with van der Waals surface area (Å²) < 4.78 is 0. The van der Waals surface area contributed by atoms with Gasteiger partial charge in [-0.2, -0.15) is 5.26 Å². The molecule has 0 saturated carbocycles. The van der Waals surface area contributed by atoms with Crippen LogP contribution in [0.3, 0.4) is 0 Å². The Morgan fingerprint density at radius 3 is 2.88 bits per heavy atom. The summed E-state index contributed by atoms with van der Waals surface area (Å²) in [4.78, 5) is 24.1. The average Bonchev–Trinajstić information content (AvgIpc) is 2.65. The number of rotatable bonds is 3. The molecule has 1 amide bonds. The van der Waals surface area contributed by atoms with E-state index in [4.69, 9.17) is 5.26 Å². The number of pyridine rings is 1. The number of hydrogen-bond donors (Lipinski definition) is 0. The zero-order valence-electron chi connectivity index (χ0n) is 15.6. The monoisotopic (exact) mass is 353 g/mol. The number of piperidine rings is 3. The predicted molar refractivity (Wildman–Crippen MR) is 99.6 cm³/mol. The maximum atomic E-state index is 12.7. The van der Waals surface area contributed by atoms with Crippen LogP contribution in [0.1, 0.15) is 31.4 Å². The Hall–Kier alpha value is -2.13. The van der Waals surface area contributed by atoms with Crippen LogP contribution >= 0.6 is 0 Å². The van der Waals surface area contributed by atoms with Crippen molar-refractivity contribution in [2.45, 2.75) is 37.8 Å². The van der Waals surface area contributed by atoms with Gasteiger partial charge in [0, 0.05) is 38.1 Å². The minimum absolute atomic E-state index is 0.279. The lowest BCUT2D eigenvalue weighted by atomic mass is 9.72. The second kappa shape index (κ2) is 6.88. The molecule has 3 aliphatic rings. The van der Waals surface area contributed by atoms with Gasteiger partial charge >= 0.3 is 0 Å². The SMILES string of the molecule is CN(C)C[C@H]1[C@H]2C[C@H](CN(c3cccc(C#N)n3)C2)[C@@H]2CCCC(=O)N21. The van der Waals surface area contributed by atoms with Crippen LogP contribution in [0.15, 0.2) is 18.2 Å². The molecule has 0 aromatic carbocycles. The topological polar surface area (TPSA) is 63.5 Å². The molecule has 1 aromatic rings. The summed E-state index contributed by atoms with van der Waals surface area (Å²) in [6.07, 6.45) is 4.03. The molecule has 0 N–H and O–H groups in total. The first-order valence-electron chi connectivity index (χ1n) is 9.65. The molecule has 4 atom stereocenters. The summed E-state index contributed by atoms with van der Waals surface area (Å²) in [5.41, 5.74) is 0.470. The van der Waals surface area contributed by atoms with E-state index in [1.165, 1.54) is 6.42 Å². The molecule has 26 heavy (non-hydrogen) atoms. The summed E-state index contributed by atoms with van der Waals surface area (Å²) in [6, 6.07) is 8.46. The molecule has 4 heterocycles. The van der Waals surface area contributed by atoms with Crippen LogP contribution in [0.5, 0.6) is 0 Å². The van der Waals surface area contributed by atoms with E-state index >= 15 is 0 Å². The largest absolute Gasteiger partial charge is 0.356 e. The molecule has 3 fully saturated rings. The molecule has 6 heteroatoms. The number of anilines is 1. The standard InChI is InChI=1S/C20H27N5O/c1-23(2)13-18-15-9-14(17-6-4-8-20(26)25(17)18)11-24(12-15)19-7-3-5-16(10-21)22-19/h3,5,7,14-15,17-18H,4,6,8-9,11-13H2,1-2H3/t14-,15+,17+,18+/m1/s1. The molecule has 0 spiro atoms. The van der Waals surface area contributed by atoms with Gasteiger partial charge < -0.3 is 14.7 Å². The minimum Gasteiger partial charge on any atom is -0.356 e. The molecule has 3 saturated heterocycles. The number of nitriles is 1. The zero-order chi connectivity index (χ0) is 18.3. The molecular formula is C20H27N5O. The third-order valence-corrected chi connectivity index (χ3v) is 6.22. The maximum Gasteiger partial charge on any atom is 0.223 e. The minimum atomic E-state index is 0.279. The molecule has 3 aliphatic heterocycles. The first kappa shape index (κ1) is 17.3. The van der Waals surface area contributed by atoms with Crippen molar-refractivity contribution in [2.75, 3.05) is 38.6 Å². The van der Waals surface area contributed by atoms with Crippen LogP contribution in [-0.2, 0) is 4.79 Å². The van der Waals surface area contributed by atoms with Gasteiger partial charge in [0.2, 0.25) is 5.91 Å². The third-order valence-electron chi connectivity index (χ3n) is 6.22.